The first kappa shape index (κ1) is 26.6. The zero-order valence-electron chi connectivity index (χ0n) is 22.8. The second-order valence-corrected chi connectivity index (χ2v) is 9.77. The summed E-state index contributed by atoms with van der Waals surface area (Å²) in [6, 6.07) is 11.2. The van der Waals surface area contributed by atoms with E-state index in [0.29, 0.717) is 38.9 Å². The maximum absolute atomic E-state index is 14.4. The Labute approximate surface area is 238 Å². The summed E-state index contributed by atoms with van der Waals surface area (Å²) in [7, 11) is 1.78. The predicted molar refractivity (Wildman–Crippen MR) is 152 cm³/mol. The molecule has 0 saturated heterocycles. The lowest BCUT2D eigenvalue weighted by Gasteiger charge is -2.21. The quantitative estimate of drug-likeness (QED) is 0.324. The molecule has 6 aromatic rings. The van der Waals surface area contributed by atoms with Crippen molar-refractivity contribution in [2.24, 2.45) is 7.05 Å². The number of nitrogens with zero attached hydrogens (tertiary/aromatic N) is 6. The Morgan fingerprint density at radius 3 is 2.67 bits per heavy atom. The van der Waals surface area contributed by atoms with Crippen molar-refractivity contribution in [1.82, 2.24) is 34.3 Å². The van der Waals surface area contributed by atoms with Gasteiger partial charge in [0.25, 0.3) is 11.5 Å². The molecule has 11 heteroatoms. The van der Waals surface area contributed by atoms with Crippen LogP contribution in [-0.2, 0) is 7.05 Å². The van der Waals surface area contributed by atoms with Crippen molar-refractivity contribution in [3.63, 3.8) is 0 Å². The molecule has 1 N–H and O–H groups in total. The number of amides is 1. The van der Waals surface area contributed by atoms with E-state index in [4.69, 9.17) is 0 Å². The lowest BCUT2D eigenvalue weighted by molar-refractivity contribution is 0.0939. The van der Waals surface area contributed by atoms with Crippen molar-refractivity contribution in [3.8, 4) is 17.5 Å². The van der Waals surface area contributed by atoms with Crippen LogP contribution < -0.4 is 10.9 Å². The summed E-state index contributed by atoms with van der Waals surface area (Å²) in [5.41, 5.74) is 2.22. The lowest BCUT2D eigenvalue weighted by Crippen LogP contribution is -2.32. The molecular formula is C31H23F2N7O2. The van der Waals surface area contributed by atoms with Gasteiger partial charge in [0.1, 0.15) is 5.56 Å². The van der Waals surface area contributed by atoms with Gasteiger partial charge in [0.2, 0.25) is 0 Å². The van der Waals surface area contributed by atoms with Crippen LogP contribution in [0.3, 0.4) is 0 Å². The third-order valence-corrected chi connectivity index (χ3v) is 6.87. The highest BCUT2D eigenvalue weighted by atomic mass is 19.2. The number of nitrogens with one attached hydrogen (secondary N) is 1. The van der Waals surface area contributed by atoms with Crippen molar-refractivity contribution in [2.75, 3.05) is 0 Å². The van der Waals surface area contributed by atoms with Crippen LogP contribution in [0.2, 0.25) is 0 Å². The molecule has 4 heterocycles. The number of benzene rings is 2. The summed E-state index contributed by atoms with van der Waals surface area (Å²) in [6.45, 7) is 3.41. The maximum Gasteiger partial charge on any atom is 0.264 e. The largest absolute Gasteiger partial charge is 0.344 e. The molecule has 0 aliphatic rings. The summed E-state index contributed by atoms with van der Waals surface area (Å²) >= 11 is 0. The van der Waals surface area contributed by atoms with E-state index in [-0.39, 0.29) is 11.3 Å². The first-order chi connectivity index (χ1) is 20.2. The Bertz CT molecular complexity index is 2150. The van der Waals surface area contributed by atoms with E-state index < -0.39 is 29.1 Å². The molecule has 6 rings (SSSR count). The predicted octanol–water partition coefficient (Wildman–Crippen LogP) is 4.24. The molecular weight excluding hydrogens is 540 g/mol. The van der Waals surface area contributed by atoms with Crippen LogP contribution in [0.25, 0.3) is 22.1 Å². The Morgan fingerprint density at radius 2 is 1.90 bits per heavy atom. The van der Waals surface area contributed by atoms with E-state index in [1.54, 1.807) is 80.7 Å². The highest BCUT2D eigenvalue weighted by Gasteiger charge is 2.24. The Balaban J connectivity index is 1.50. The SMILES string of the molecule is Cc1nn2cccnc2c1C(=O)N[C@@H](C)c1cc2cccc(C#Cc3cnn(C)c3)c2c(=O)n1-c1ccc(F)c(F)c1. The smallest absolute Gasteiger partial charge is 0.264 e. The van der Waals surface area contributed by atoms with Gasteiger partial charge < -0.3 is 5.32 Å². The van der Waals surface area contributed by atoms with Crippen molar-refractivity contribution >= 4 is 22.3 Å². The molecule has 208 valence electrons. The number of fused-ring (bicyclic) bond motifs is 2. The number of pyridine rings is 1. The van der Waals surface area contributed by atoms with Gasteiger partial charge >= 0.3 is 0 Å². The van der Waals surface area contributed by atoms with Gasteiger partial charge in [-0.3, -0.25) is 18.8 Å². The summed E-state index contributed by atoms with van der Waals surface area (Å²) in [5, 5.41) is 12.2. The van der Waals surface area contributed by atoms with Crippen LogP contribution in [0, 0.1) is 30.4 Å². The molecule has 1 amide bonds. The second kappa shape index (κ2) is 10.4. The van der Waals surface area contributed by atoms with Gasteiger partial charge in [-0.05, 0) is 49.6 Å². The molecule has 0 unspecified atom stereocenters. The Hall–Kier alpha value is -5.63. The van der Waals surface area contributed by atoms with Crippen LogP contribution >= 0.6 is 0 Å². The molecule has 9 nitrogen and oxygen atoms in total. The van der Waals surface area contributed by atoms with Crippen molar-refractivity contribution in [2.45, 2.75) is 19.9 Å². The van der Waals surface area contributed by atoms with Gasteiger partial charge in [0.05, 0.1) is 34.6 Å². The lowest BCUT2D eigenvalue weighted by atomic mass is 10.0. The summed E-state index contributed by atoms with van der Waals surface area (Å²) in [5.74, 6) is 3.45. The first-order valence-electron chi connectivity index (χ1n) is 13.0. The van der Waals surface area contributed by atoms with E-state index in [2.05, 4.69) is 32.3 Å². The molecule has 2 aromatic carbocycles. The fraction of sp³-hybridized carbons (Fsp3) is 0.129. The molecule has 0 radical (unpaired) electrons. The fourth-order valence-corrected chi connectivity index (χ4v) is 4.93. The molecule has 0 bridgehead atoms. The normalized spacial score (nSPS) is 11.8. The number of aromatic nitrogens is 6. The highest BCUT2D eigenvalue weighted by Crippen LogP contribution is 2.25. The van der Waals surface area contributed by atoms with E-state index >= 15 is 0 Å². The molecule has 0 spiro atoms. The number of carbonyl (C=O) groups excluding carboxylic acids is 1. The second-order valence-electron chi connectivity index (χ2n) is 9.77. The minimum atomic E-state index is -1.11. The van der Waals surface area contributed by atoms with Gasteiger partial charge in [-0.1, -0.05) is 24.0 Å². The number of rotatable bonds is 4. The van der Waals surface area contributed by atoms with E-state index in [9.17, 15) is 18.4 Å². The van der Waals surface area contributed by atoms with Crippen molar-refractivity contribution < 1.29 is 13.6 Å². The topological polar surface area (TPSA) is 99.1 Å². The summed E-state index contributed by atoms with van der Waals surface area (Å²) in [6.07, 6.45) is 6.62. The molecule has 0 fully saturated rings. The molecule has 0 saturated carbocycles. The van der Waals surface area contributed by atoms with E-state index in [0.717, 1.165) is 12.1 Å². The fourth-order valence-electron chi connectivity index (χ4n) is 4.93. The van der Waals surface area contributed by atoms with Crippen LogP contribution in [0.1, 0.15) is 45.8 Å². The highest BCUT2D eigenvalue weighted by molar-refractivity contribution is 6.01. The molecule has 0 aliphatic carbocycles. The van der Waals surface area contributed by atoms with Crippen LogP contribution in [-0.4, -0.2) is 34.9 Å². The van der Waals surface area contributed by atoms with Gasteiger partial charge in [0, 0.05) is 43.0 Å². The summed E-state index contributed by atoms with van der Waals surface area (Å²) < 4.78 is 32.7. The number of halogens is 2. The monoisotopic (exact) mass is 563 g/mol. The van der Waals surface area contributed by atoms with Crippen molar-refractivity contribution in [3.05, 3.63) is 123 Å². The molecule has 42 heavy (non-hydrogen) atoms. The molecule has 1 atom stereocenters. The van der Waals surface area contributed by atoms with E-state index in [1.165, 1.54) is 15.1 Å². The number of carbonyl (C=O) groups is 1. The van der Waals surface area contributed by atoms with Crippen LogP contribution in [0.15, 0.2) is 78.1 Å². The number of aryl methyl sites for hydroxylation is 2. The van der Waals surface area contributed by atoms with Crippen molar-refractivity contribution in [1.29, 1.82) is 0 Å². The zero-order valence-corrected chi connectivity index (χ0v) is 22.8. The van der Waals surface area contributed by atoms with Gasteiger partial charge in [-0.2, -0.15) is 10.2 Å². The molecule has 4 aromatic heterocycles. The zero-order chi connectivity index (χ0) is 29.5. The van der Waals surface area contributed by atoms with E-state index in [1.807, 2.05) is 0 Å². The Kier molecular flexibility index (Phi) is 6.59. The third kappa shape index (κ3) is 4.69. The van der Waals surface area contributed by atoms with Gasteiger partial charge in [0.15, 0.2) is 17.3 Å². The van der Waals surface area contributed by atoms with Crippen LogP contribution in [0.5, 0.6) is 0 Å². The average Bonchev–Trinajstić information content (AvgIpc) is 3.54. The molecule has 0 aliphatic heterocycles. The first-order valence-corrected chi connectivity index (χ1v) is 13.0. The third-order valence-electron chi connectivity index (χ3n) is 6.87. The standard InChI is InChI=1S/C31H23F2N7O2/c1-18(36-30(41)27-19(2)37-39-13-5-12-34-29(27)39)26-14-22-7-4-6-21(9-8-20-16-35-38(3)17-20)28(22)31(42)40(26)23-10-11-24(32)25(33)15-23/h4-7,10-18H,1-3H3,(H,36,41)/t18-/m0/s1. The Morgan fingerprint density at radius 1 is 1.07 bits per heavy atom. The minimum Gasteiger partial charge on any atom is -0.344 e. The maximum atomic E-state index is 14.4. The average molecular weight is 564 g/mol. The van der Waals surface area contributed by atoms with Gasteiger partial charge in [-0.25, -0.2) is 18.3 Å². The number of hydrogen-bond acceptors (Lipinski definition) is 5. The van der Waals surface area contributed by atoms with Gasteiger partial charge in [-0.15, -0.1) is 0 Å². The minimum absolute atomic E-state index is 0.0979. The number of hydrogen-bond donors (Lipinski definition) is 1. The van der Waals surface area contributed by atoms with Crippen LogP contribution in [0.4, 0.5) is 8.78 Å². The summed E-state index contributed by atoms with van der Waals surface area (Å²) in [4.78, 5) is 31.9.